The van der Waals surface area contributed by atoms with E-state index in [-0.39, 0.29) is 35.4 Å². The van der Waals surface area contributed by atoms with Gasteiger partial charge in [-0.1, -0.05) is 17.7 Å². The molecule has 0 bridgehead atoms. The van der Waals surface area contributed by atoms with Gasteiger partial charge >= 0.3 is 0 Å². The summed E-state index contributed by atoms with van der Waals surface area (Å²) in [5.41, 5.74) is 0.976. The number of carbonyl (C=O) groups excluding carboxylic acids is 2. The van der Waals surface area contributed by atoms with E-state index in [9.17, 15) is 18.0 Å². The number of amides is 2. The molecule has 114 valence electrons. The Balaban J connectivity index is 1.96. The number of aryl methyl sites for hydroxylation is 1. The topological polar surface area (TPSA) is 83.6 Å². The summed E-state index contributed by atoms with van der Waals surface area (Å²) in [6, 6.07) is 6.54. The van der Waals surface area contributed by atoms with Crippen LogP contribution in [0.25, 0.3) is 0 Å². The van der Waals surface area contributed by atoms with Crippen LogP contribution in [0.3, 0.4) is 0 Å². The van der Waals surface area contributed by atoms with Crippen LogP contribution in [0.2, 0.25) is 0 Å². The van der Waals surface area contributed by atoms with E-state index >= 15 is 0 Å². The van der Waals surface area contributed by atoms with Gasteiger partial charge < -0.3 is 10.2 Å². The van der Waals surface area contributed by atoms with Crippen molar-refractivity contribution in [3.05, 3.63) is 29.8 Å². The molecule has 7 heteroatoms. The molecule has 0 spiro atoms. The zero-order valence-corrected chi connectivity index (χ0v) is 12.6. The summed E-state index contributed by atoms with van der Waals surface area (Å²) >= 11 is 0. The number of sulfone groups is 1. The van der Waals surface area contributed by atoms with E-state index in [2.05, 4.69) is 5.32 Å². The third-order valence-electron chi connectivity index (χ3n) is 3.36. The highest BCUT2D eigenvalue weighted by Crippen LogP contribution is 2.13. The van der Waals surface area contributed by atoms with Crippen LogP contribution in [0.15, 0.2) is 29.2 Å². The van der Waals surface area contributed by atoms with Crippen molar-refractivity contribution in [3.8, 4) is 0 Å². The van der Waals surface area contributed by atoms with E-state index in [4.69, 9.17) is 0 Å². The number of hydrogen-bond acceptors (Lipinski definition) is 4. The first kappa shape index (κ1) is 15.5. The van der Waals surface area contributed by atoms with Crippen LogP contribution in [-0.4, -0.2) is 50.5 Å². The Morgan fingerprint density at radius 2 is 1.95 bits per heavy atom. The second-order valence-electron chi connectivity index (χ2n) is 5.05. The summed E-state index contributed by atoms with van der Waals surface area (Å²) in [6.45, 7) is 2.72. The van der Waals surface area contributed by atoms with Crippen molar-refractivity contribution in [3.63, 3.8) is 0 Å². The largest absolute Gasteiger partial charge is 0.353 e. The third kappa shape index (κ3) is 4.04. The molecule has 0 unspecified atom stereocenters. The van der Waals surface area contributed by atoms with Gasteiger partial charge in [0.05, 0.1) is 17.2 Å². The predicted molar refractivity (Wildman–Crippen MR) is 77.4 cm³/mol. The molecule has 1 aliphatic heterocycles. The molecule has 1 aromatic carbocycles. The maximum absolute atomic E-state index is 12.1. The molecule has 0 aromatic heterocycles. The van der Waals surface area contributed by atoms with Crippen molar-refractivity contribution < 1.29 is 18.0 Å². The number of nitrogens with one attached hydrogen (secondary N) is 1. The van der Waals surface area contributed by atoms with Crippen LogP contribution in [-0.2, 0) is 19.4 Å². The lowest BCUT2D eigenvalue weighted by molar-refractivity contribution is -0.137. The maximum atomic E-state index is 12.1. The van der Waals surface area contributed by atoms with Gasteiger partial charge in [0, 0.05) is 19.5 Å². The first-order chi connectivity index (χ1) is 9.88. The predicted octanol–water partition coefficient (Wildman–Crippen LogP) is 0.117. The van der Waals surface area contributed by atoms with Crippen molar-refractivity contribution in [2.24, 2.45) is 0 Å². The van der Waals surface area contributed by atoms with E-state index < -0.39 is 9.84 Å². The molecule has 0 radical (unpaired) electrons. The van der Waals surface area contributed by atoms with Crippen LogP contribution in [0.4, 0.5) is 0 Å². The van der Waals surface area contributed by atoms with E-state index in [1.54, 1.807) is 24.3 Å². The van der Waals surface area contributed by atoms with Crippen LogP contribution in [0.5, 0.6) is 0 Å². The van der Waals surface area contributed by atoms with Crippen LogP contribution in [0.1, 0.15) is 12.0 Å². The van der Waals surface area contributed by atoms with Crippen LogP contribution >= 0.6 is 0 Å². The van der Waals surface area contributed by atoms with Crippen molar-refractivity contribution in [1.29, 1.82) is 0 Å². The van der Waals surface area contributed by atoms with Gasteiger partial charge in [-0.25, -0.2) is 8.42 Å². The van der Waals surface area contributed by atoms with Crippen molar-refractivity contribution in [2.75, 3.05) is 25.4 Å². The molecular weight excluding hydrogens is 292 g/mol. The Bertz CT molecular complexity index is 637. The van der Waals surface area contributed by atoms with Gasteiger partial charge in [-0.2, -0.15) is 0 Å². The number of carbonyl (C=O) groups is 2. The monoisotopic (exact) mass is 310 g/mol. The van der Waals surface area contributed by atoms with Gasteiger partial charge in [-0.05, 0) is 19.1 Å². The molecule has 1 heterocycles. The Kier molecular flexibility index (Phi) is 4.62. The van der Waals surface area contributed by atoms with Crippen molar-refractivity contribution in [1.82, 2.24) is 10.2 Å². The number of hydrogen-bond donors (Lipinski definition) is 1. The van der Waals surface area contributed by atoms with E-state index in [1.165, 1.54) is 4.90 Å². The lowest BCUT2D eigenvalue weighted by Crippen LogP contribution is -2.50. The first-order valence-corrected chi connectivity index (χ1v) is 8.37. The van der Waals surface area contributed by atoms with Gasteiger partial charge in [0.2, 0.25) is 11.8 Å². The molecule has 1 fully saturated rings. The van der Waals surface area contributed by atoms with Gasteiger partial charge in [0.25, 0.3) is 0 Å². The molecular formula is C14H18N2O4S. The SMILES string of the molecule is Cc1ccc(S(=O)(=O)CCC(=O)N2CCNC(=O)C2)cc1. The molecule has 2 amide bonds. The summed E-state index contributed by atoms with van der Waals surface area (Å²) < 4.78 is 24.3. The quantitative estimate of drug-likeness (QED) is 0.856. The second kappa shape index (κ2) is 6.26. The first-order valence-electron chi connectivity index (χ1n) is 6.72. The summed E-state index contributed by atoms with van der Waals surface area (Å²) in [5.74, 6) is -0.760. The normalized spacial score (nSPS) is 15.7. The molecule has 2 rings (SSSR count). The lowest BCUT2D eigenvalue weighted by atomic mass is 10.2. The highest BCUT2D eigenvalue weighted by Gasteiger charge is 2.23. The smallest absolute Gasteiger partial charge is 0.239 e. The molecule has 0 aliphatic carbocycles. The van der Waals surface area contributed by atoms with Gasteiger partial charge in [-0.3, -0.25) is 9.59 Å². The highest BCUT2D eigenvalue weighted by atomic mass is 32.2. The Hall–Kier alpha value is -1.89. The Morgan fingerprint density at radius 1 is 1.29 bits per heavy atom. The minimum absolute atomic E-state index is 0.00339. The average molecular weight is 310 g/mol. The standard InChI is InChI=1S/C14H18N2O4S/c1-11-2-4-12(5-3-11)21(19,20)9-6-14(18)16-8-7-15-13(17)10-16/h2-5H,6-10H2,1H3,(H,15,17). The molecule has 1 aliphatic rings. The zero-order valence-electron chi connectivity index (χ0n) is 11.8. The van der Waals surface area contributed by atoms with Crippen molar-refractivity contribution >= 4 is 21.7 Å². The van der Waals surface area contributed by atoms with Gasteiger partial charge in [0.1, 0.15) is 0 Å². The highest BCUT2D eigenvalue weighted by molar-refractivity contribution is 7.91. The van der Waals surface area contributed by atoms with E-state index in [0.29, 0.717) is 13.1 Å². The number of piperazine rings is 1. The molecule has 1 aromatic rings. The van der Waals surface area contributed by atoms with Gasteiger partial charge in [0.15, 0.2) is 9.84 Å². The fourth-order valence-corrected chi connectivity index (χ4v) is 3.32. The molecule has 21 heavy (non-hydrogen) atoms. The van der Waals surface area contributed by atoms with E-state index in [1.807, 2.05) is 6.92 Å². The Morgan fingerprint density at radius 3 is 2.57 bits per heavy atom. The minimum atomic E-state index is -3.47. The fourth-order valence-electron chi connectivity index (χ4n) is 2.09. The van der Waals surface area contributed by atoms with Gasteiger partial charge in [-0.15, -0.1) is 0 Å². The summed E-state index contributed by atoms with van der Waals surface area (Å²) in [5, 5.41) is 2.62. The lowest BCUT2D eigenvalue weighted by Gasteiger charge is -2.26. The summed E-state index contributed by atoms with van der Waals surface area (Å²) in [4.78, 5) is 24.8. The number of rotatable bonds is 4. The zero-order chi connectivity index (χ0) is 15.5. The fraction of sp³-hybridized carbons (Fsp3) is 0.429. The third-order valence-corrected chi connectivity index (χ3v) is 5.09. The number of benzene rings is 1. The molecule has 0 saturated carbocycles. The Labute approximate surface area is 124 Å². The second-order valence-corrected chi connectivity index (χ2v) is 7.16. The van der Waals surface area contributed by atoms with Crippen LogP contribution in [0, 0.1) is 6.92 Å². The van der Waals surface area contributed by atoms with Crippen LogP contribution < -0.4 is 5.32 Å². The molecule has 0 atom stereocenters. The molecule has 6 nitrogen and oxygen atoms in total. The molecule has 1 N–H and O–H groups in total. The summed E-state index contributed by atoms with van der Waals surface area (Å²) in [6.07, 6.45) is -0.108. The van der Waals surface area contributed by atoms with E-state index in [0.717, 1.165) is 5.56 Å². The number of nitrogens with zero attached hydrogens (tertiary/aromatic N) is 1. The minimum Gasteiger partial charge on any atom is -0.353 e. The average Bonchev–Trinajstić information content (AvgIpc) is 2.45. The molecule has 1 saturated heterocycles. The maximum Gasteiger partial charge on any atom is 0.239 e. The van der Waals surface area contributed by atoms with Crippen molar-refractivity contribution in [2.45, 2.75) is 18.2 Å². The summed E-state index contributed by atoms with van der Waals surface area (Å²) in [7, 11) is -3.47.